The van der Waals surface area contributed by atoms with Gasteiger partial charge in [-0.3, -0.25) is 9.13 Å². The van der Waals surface area contributed by atoms with Crippen molar-refractivity contribution >= 4 is 21.1 Å². The van der Waals surface area contributed by atoms with E-state index >= 15 is 0 Å². The number of nitrogen functional groups attached to an aromatic ring is 1. The molecule has 1 heterocycles. The summed E-state index contributed by atoms with van der Waals surface area (Å²) in [6.07, 6.45) is -2.72. The van der Waals surface area contributed by atoms with Gasteiger partial charge in [0.05, 0.1) is 43.7 Å². The number of anilines is 1. The minimum atomic E-state index is -3.55. The minimum Gasteiger partial charge on any atom is -0.475 e. The van der Waals surface area contributed by atoms with Crippen molar-refractivity contribution in [2.24, 2.45) is 0 Å². The molecule has 1 atom stereocenters. The van der Waals surface area contributed by atoms with Crippen LogP contribution in [0.3, 0.4) is 0 Å². The molecule has 228 valence electrons. The molecule has 3 N–H and O–H groups in total. The number of hydrogen-bond donors (Lipinski definition) is 2. The Kier molecular flexibility index (Phi) is 16.0. The van der Waals surface area contributed by atoms with Gasteiger partial charge in [0.25, 0.3) is 0 Å². The molecular weight excluding hydrogens is 556 g/mol. The summed E-state index contributed by atoms with van der Waals surface area (Å²) in [7, 11) is -6.97. The number of hydrogen-bond acceptors (Lipinski definition) is 14. The van der Waals surface area contributed by atoms with Crippen molar-refractivity contribution in [1.82, 2.24) is 9.97 Å². The van der Waals surface area contributed by atoms with Crippen molar-refractivity contribution in [3.05, 3.63) is 6.07 Å². The molecule has 0 spiro atoms. The van der Waals surface area contributed by atoms with Crippen molar-refractivity contribution in [3.63, 3.8) is 0 Å². The Bertz CT molecular complexity index is 907. The topological polar surface area (TPSA) is 180 Å². The highest BCUT2D eigenvalue weighted by molar-refractivity contribution is 7.53. The number of ether oxygens (including phenoxy) is 4. The first kappa shape index (κ1) is 35.7. The van der Waals surface area contributed by atoms with Crippen molar-refractivity contribution in [2.75, 3.05) is 44.9 Å². The Labute approximate surface area is 231 Å². The summed E-state index contributed by atoms with van der Waals surface area (Å²) in [6.45, 7) is 13.5. The van der Waals surface area contributed by atoms with E-state index in [1.807, 2.05) is 0 Å². The van der Waals surface area contributed by atoms with E-state index in [1.54, 1.807) is 55.4 Å². The predicted molar refractivity (Wildman–Crippen MR) is 145 cm³/mol. The van der Waals surface area contributed by atoms with Gasteiger partial charge in [-0.15, -0.1) is 0 Å². The van der Waals surface area contributed by atoms with Crippen LogP contribution in [0.4, 0.5) is 5.95 Å². The SMILES string of the molecule is CC(C)OP(=O)(COCCOc1cc(OC[C@H](CO)OCP(=O)(OC(C)C)OC(C)C)nc(N)n1)OC(C)C. The predicted octanol–water partition coefficient (Wildman–Crippen LogP) is 4.21. The van der Waals surface area contributed by atoms with E-state index in [0.717, 1.165) is 0 Å². The monoisotopic (exact) mass is 601 g/mol. The summed E-state index contributed by atoms with van der Waals surface area (Å²) in [5.74, 6) is 0.0775. The van der Waals surface area contributed by atoms with Crippen LogP contribution >= 0.6 is 15.2 Å². The Balaban J connectivity index is 2.62. The molecule has 0 fully saturated rings. The second-order valence-corrected chi connectivity index (χ2v) is 13.3. The average Bonchev–Trinajstić information content (AvgIpc) is 2.76. The van der Waals surface area contributed by atoms with Gasteiger partial charge in [-0.05, 0) is 55.4 Å². The third-order valence-corrected chi connectivity index (χ3v) is 7.93. The quantitative estimate of drug-likeness (QED) is 0.151. The van der Waals surface area contributed by atoms with Gasteiger partial charge in [-0.25, -0.2) is 0 Å². The summed E-state index contributed by atoms with van der Waals surface area (Å²) in [6, 6.07) is 1.40. The van der Waals surface area contributed by atoms with Crippen LogP contribution < -0.4 is 15.2 Å². The van der Waals surface area contributed by atoms with Gasteiger partial charge < -0.3 is 47.9 Å². The smallest absolute Gasteiger partial charge is 0.356 e. The van der Waals surface area contributed by atoms with E-state index in [2.05, 4.69) is 9.97 Å². The van der Waals surface area contributed by atoms with Crippen LogP contribution in [0.15, 0.2) is 6.07 Å². The van der Waals surface area contributed by atoms with E-state index < -0.39 is 27.9 Å². The van der Waals surface area contributed by atoms with Gasteiger partial charge >= 0.3 is 15.2 Å². The molecule has 0 aromatic carbocycles. The first-order chi connectivity index (χ1) is 18.1. The van der Waals surface area contributed by atoms with Crippen molar-refractivity contribution < 1.29 is 51.3 Å². The number of nitrogens with zero attached hydrogens (tertiary/aromatic N) is 2. The maximum atomic E-state index is 12.9. The molecule has 0 saturated heterocycles. The second kappa shape index (κ2) is 17.5. The van der Waals surface area contributed by atoms with Gasteiger partial charge in [-0.2, -0.15) is 9.97 Å². The van der Waals surface area contributed by atoms with E-state index in [9.17, 15) is 14.2 Å². The van der Waals surface area contributed by atoms with Crippen LogP contribution in [-0.2, 0) is 36.7 Å². The highest BCUT2D eigenvalue weighted by Gasteiger charge is 2.30. The maximum Gasteiger partial charge on any atom is 0.356 e. The van der Waals surface area contributed by atoms with Crippen LogP contribution in [0.5, 0.6) is 11.8 Å². The fraction of sp³-hybridized carbons (Fsp3) is 0.826. The fourth-order valence-corrected chi connectivity index (χ4v) is 6.59. The lowest BCUT2D eigenvalue weighted by atomic mass is 10.4. The van der Waals surface area contributed by atoms with E-state index in [0.29, 0.717) is 0 Å². The number of aliphatic hydroxyl groups is 1. The number of aliphatic hydroxyl groups excluding tert-OH is 1. The second-order valence-electron chi connectivity index (χ2n) is 9.54. The Morgan fingerprint density at radius 2 is 1.23 bits per heavy atom. The molecule has 0 radical (unpaired) electrons. The summed E-state index contributed by atoms with van der Waals surface area (Å²) in [5.41, 5.74) is 5.75. The Morgan fingerprint density at radius 1 is 0.769 bits per heavy atom. The molecule has 1 aromatic rings. The fourth-order valence-electron chi connectivity index (χ4n) is 2.94. The molecule has 39 heavy (non-hydrogen) atoms. The van der Waals surface area contributed by atoms with E-state index in [1.165, 1.54) is 6.07 Å². The molecular formula is C23H45N3O11P2. The molecule has 0 aliphatic carbocycles. The molecule has 0 bridgehead atoms. The molecule has 14 nitrogen and oxygen atoms in total. The molecule has 16 heteroatoms. The van der Waals surface area contributed by atoms with Gasteiger partial charge in [0.1, 0.15) is 32.0 Å². The summed E-state index contributed by atoms with van der Waals surface area (Å²) in [4.78, 5) is 7.97. The highest BCUT2D eigenvalue weighted by atomic mass is 31.2. The molecule has 0 aliphatic rings. The standard InChI is InChI=1S/C23H45N3O11P2/c1-16(2)34-38(28,35-17(3)4)14-30-9-10-31-21-11-22(26-23(24)25-21)32-13-20(12-27)33-15-39(29,36-18(5)6)37-19(7)8/h11,16-20,27H,9-10,12-15H2,1-8H3,(H2,24,25,26)/t20-/m0/s1. The van der Waals surface area contributed by atoms with Crippen molar-refractivity contribution in [1.29, 1.82) is 0 Å². The zero-order valence-electron chi connectivity index (χ0n) is 24.1. The van der Waals surface area contributed by atoms with Crippen molar-refractivity contribution in [3.8, 4) is 11.8 Å². The first-order valence-corrected chi connectivity index (χ1v) is 16.2. The lowest BCUT2D eigenvalue weighted by molar-refractivity contribution is -0.00609. The van der Waals surface area contributed by atoms with Gasteiger partial charge in [-0.1, -0.05) is 0 Å². The number of rotatable bonds is 21. The Morgan fingerprint density at radius 3 is 1.69 bits per heavy atom. The maximum absolute atomic E-state index is 12.9. The highest BCUT2D eigenvalue weighted by Crippen LogP contribution is 2.51. The van der Waals surface area contributed by atoms with E-state index in [4.69, 9.17) is 42.8 Å². The lowest BCUT2D eigenvalue weighted by Crippen LogP contribution is -2.27. The minimum absolute atomic E-state index is 0.0581. The van der Waals surface area contributed by atoms with Gasteiger partial charge in [0.2, 0.25) is 17.7 Å². The first-order valence-electron chi connectivity index (χ1n) is 12.8. The molecule has 1 aromatic heterocycles. The van der Waals surface area contributed by atoms with E-state index in [-0.39, 0.29) is 74.6 Å². The van der Waals surface area contributed by atoms with Crippen LogP contribution in [-0.4, -0.2) is 84.7 Å². The zero-order valence-corrected chi connectivity index (χ0v) is 25.9. The third-order valence-electron chi connectivity index (χ3n) is 4.00. The summed E-state index contributed by atoms with van der Waals surface area (Å²) >= 11 is 0. The van der Waals surface area contributed by atoms with Crippen LogP contribution in [0.25, 0.3) is 0 Å². The molecule has 0 unspecified atom stereocenters. The third kappa shape index (κ3) is 15.9. The molecule has 0 amide bonds. The number of aromatic nitrogens is 2. The van der Waals surface area contributed by atoms with Crippen LogP contribution in [0, 0.1) is 0 Å². The average molecular weight is 602 g/mol. The van der Waals surface area contributed by atoms with Crippen LogP contribution in [0.1, 0.15) is 55.4 Å². The van der Waals surface area contributed by atoms with Crippen molar-refractivity contribution in [2.45, 2.75) is 85.9 Å². The Hall–Kier alpha value is -1.34. The lowest BCUT2D eigenvalue weighted by Gasteiger charge is -2.24. The summed E-state index contributed by atoms with van der Waals surface area (Å²) in [5, 5.41) is 9.68. The van der Waals surface area contributed by atoms with Gasteiger partial charge in [0, 0.05) is 0 Å². The van der Waals surface area contributed by atoms with Crippen LogP contribution in [0.2, 0.25) is 0 Å². The largest absolute Gasteiger partial charge is 0.475 e. The molecule has 0 aliphatic heterocycles. The normalized spacial score (nSPS) is 13.6. The zero-order chi connectivity index (χ0) is 29.6. The molecule has 1 rings (SSSR count). The number of nitrogens with two attached hydrogens (primary N) is 1. The van der Waals surface area contributed by atoms with Gasteiger partial charge in [0.15, 0.2) is 0 Å². The summed E-state index contributed by atoms with van der Waals surface area (Å²) < 4.78 is 69.6. The molecule has 0 saturated carbocycles.